The second-order valence-corrected chi connectivity index (χ2v) is 7.46. The first kappa shape index (κ1) is 18.5. The van der Waals surface area contributed by atoms with Gasteiger partial charge in [0.15, 0.2) is 0 Å². The second kappa shape index (κ2) is 7.55. The third kappa shape index (κ3) is 3.49. The molecule has 0 aliphatic rings. The number of rotatable bonds is 5. The summed E-state index contributed by atoms with van der Waals surface area (Å²) in [5, 5.41) is 4.16. The molecule has 1 amide bonds. The Morgan fingerprint density at radius 3 is 2.73 bits per heavy atom. The Kier molecular flexibility index (Phi) is 5.38. The first-order valence-electron chi connectivity index (χ1n) is 7.88. The van der Waals surface area contributed by atoms with E-state index in [1.165, 1.54) is 28.0 Å². The summed E-state index contributed by atoms with van der Waals surface area (Å²) in [7, 11) is 0. The Bertz CT molecular complexity index is 1100. The number of carbonyl (C=O) groups excluding carboxylic acids is 1. The molecule has 0 radical (unpaired) electrons. The number of halogens is 2. The van der Waals surface area contributed by atoms with Gasteiger partial charge in [0, 0.05) is 11.0 Å². The van der Waals surface area contributed by atoms with Crippen molar-refractivity contribution >= 4 is 49.1 Å². The number of anilines is 1. The summed E-state index contributed by atoms with van der Waals surface area (Å²) in [6.07, 6.45) is 0.613. The quantitative estimate of drug-likeness (QED) is 0.663. The first-order chi connectivity index (χ1) is 12.4. The highest BCUT2D eigenvalue weighted by molar-refractivity contribution is 9.10. The van der Waals surface area contributed by atoms with Crippen LogP contribution >= 0.6 is 27.3 Å². The van der Waals surface area contributed by atoms with Crippen molar-refractivity contribution in [3.63, 3.8) is 0 Å². The number of hydrogen-bond acceptors (Lipinski definition) is 4. The molecule has 6 nitrogen and oxygen atoms in total. The second-order valence-electron chi connectivity index (χ2n) is 5.63. The number of fused-ring (bicyclic) bond motifs is 1. The minimum atomic E-state index is -0.586. The fraction of sp³-hybridized carbons (Fsp3) is 0.235. The van der Waals surface area contributed by atoms with Crippen LogP contribution in [0.3, 0.4) is 0 Å². The lowest BCUT2D eigenvalue weighted by atomic mass is 10.3. The van der Waals surface area contributed by atoms with Gasteiger partial charge in [-0.2, -0.15) is 0 Å². The van der Waals surface area contributed by atoms with Crippen molar-refractivity contribution in [2.45, 2.75) is 26.4 Å². The zero-order valence-corrected chi connectivity index (χ0v) is 16.2. The Morgan fingerprint density at radius 1 is 1.27 bits per heavy atom. The van der Waals surface area contributed by atoms with Crippen LogP contribution in [0.15, 0.2) is 43.7 Å². The van der Waals surface area contributed by atoms with Crippen LogP contribution in [0, 0.1) is 5.82 Å². The summed E-state index contributed by atoms with van der Waals surface area (Å²) >= 11 is 4.37. The van der Waals surface area contributed by atoms with Crippen molar-refractivity contribution in [2.75, 3.05) is 5.32 Å². The van der Waals surface area contributed by atoms with E-state index in [4.69, 9.17) is 0 Å². The third-order valence-electron chi connectivity index (χ3n) is 3.79. The molecular formula is C17H15BrFN3O3S. The van der Waals surface area contributed by atoms with Gasteiger partial charge in [0.1, 0.15) is 17.1 Å². The van der Waals surface area contributed by atoms with Gasteiger partial charge in [-0.05, 0) is 36.1 Å². The minimum Gasteiger partial charge on any atom is -0.322 e. The van der Waals surface area contributed by atoms with Crippen molar-refractivity contribution in [1.29, 1.82) is 0 Å². The first-order valence-corrected chi connectivity index (χ1v) is 9.55. The lowest BCUT2D eigenvalue weighted by Crippen LogP contribution is -2.41. The van der Waals surface area contributed by atoms with E-state index < -0.39 is 17.4 Å². The van der Waals surface area contributed by atoms with Gasteiger partial charge in [-0.25, -0.2) is 9.18 Å². The normalized spacial score (nSPS) is 11.0. The number of benzene rings is 1. The molecule has 26 heavy (non-hydrogen) atoms. The predicted molar refractivity (Wildman–Crippen MR) is 103 cm³/mol. The van der Waals surface area contributed by atoms with Crippen LogP contribution in [0.1, 0.15) is 13.3 Å². The Labute approximate surface area is 160 Å². The predicted octanol–water partition coefficient (Wildman–Crippen LogP) is 3.18. The lowest BCUT2D eigenvalue weighted by Gasteiger charge is -2.12. The molecule has 0 bridgehead atoms. The highest BCUT2D eigenvalue weighted by atomic mass is 79.9. The molecule has 136 valence electrons. The molecule has 0 saturated heterocycles. The largest absolute Gasteiger partial charge is 0.332 e. The molecule has 2 aromatic heterocycles. The highest BCUT2D eigenvalue weighted by Crippen LogP contribution is 2.20. The van der Waals surface area contributed by atoms with Crippen LogP contribution in [0.25, 0.3) is 10.2 Å². The molecule has 0 aliphatic carbocycles. The average molecular weight is 440 g/mol. The van der Waals surface area contributed by atoms with Crippen LogP contribution in [-0.2, 0) is 17.9 Å². The SMILES string of the molecule is CCCn1c(=O)c2sccc2n(CC(=O)Nc2ccc(Br)cc2F)c1=O. The van der Waals surface area contributed by atoms with E-state index in [0.29, 0.717) is 21.1 Å². The zero-order valence-electron chi connectivity index (χ0n) is 13.8. The number of aromatic nitrogens is 2. The minimum absolute atomic E-state index is 0.0229. The van der Waals surface area contributed by atoms with Gasteiger partial charge < -0.3 is 5.32 Å². The van der Waals surface area contributed by atoms with Crippen molar-refractivity contribution < 1.29 is 9.18 Å². The van der Waals surface area contributed by atoms with Crippen LogP contribution < -0.4 is 16.6 Å². The topological polar surface area (TPSA) is 73.1 Å². The molecule has 3 aromatic rings. The maximum atomic E-state index is 13.9. The van der Waals surface area contributed by atoms with Gasteiger partial charge in [0.25, 0.3) is 5.56 Å². The molecule has 0 unspecified atom stereocenters. The van der Waals surface area contributed by atoms with Crippen LogP contribution in [0.4, 0.5) is 10.1 Å². The van der Waals surface area contributed by atoms with E-state index in [-0.39, 0.29) is 24.3 Å². The Morgan fingerprint density at radius 2 is 2.04 bits per heavy atom. The van der Waals surface area contributed by atoms with Crippen molar-refractivity contribution in [3.8, 4) is 0 Å². The fourth-order valence-corrected chi connectivity index (χ4v) is 3.81. The molecule has 3 rings (SSSR count). The van der Waals surface area contributed by atoms with E-state index in [1.54, 1.807) is 17.5 Å². The van der Waals surface area contributed by atoms with Gasteiger partial charge in [-0.1, -0.05) is 22.9 Å². The van der Waals surface area contributed by atoms with E-state index in [0.717, 1.165) is 4.57 Å². The summed E-state index contributed by atoms with van der Waals surface area (Å²) < 4.78 is 17.2. The Balaban J connectivity index is 1.98. The van der Waals surface area contributed by atoms with Crippen LogP contribution in [0.2, 0.25) is 0 Å². The molecule has 0 atom stereocenters. The lowest BCUT2D eigenvalue weighted by molar-refractivity contribution is -0.116. The van der Waals surface area contributed by atoms with Crippen molar-refractivity contribution in [3.05, 3.63) is 60.8 Å². The molecule has 2 heterocycles. The highest BCUT2D eigenvalue weighted by Gasteiger charge is 2.16. The number of hydrogen-bond donors (Lipinski definition) is 1. The van der Waals surface area contributed by atoms with E-state index >= 15 is 0 Å². The average Bonchev–Trinajstić information content (AvgIpc) is 3.08. The molecule has 0 spiro atoms. The summed E-state index contributed by atoms with van der Waals surface area (Å²) in [5.41, 5.74) is -0.467. The van der Waals surface area contributed by atoms with Gasteiger partial charge in [0.2, 0.25) is 5.91 Å². The van der Waals surface area contributed by atoms with E-state index in [1.807, 2.05) is 6.92 Å². The smallest absolute Gasteiger partial charge is 0.322 e. The number of nitrogens with zero attached hydrogens (tertiary/aromatic N) is 2. The van der Waals surface area contributed by atoms with Gasteiger partial charge in [-0.3, -0.25) is 18.7 Å². The summed E-state index contributed by atoms with van der Waals surface area (Å²) in [6, 6.07) is 5.90. The van der Waals surface area contributed by atoms with E-state index in [9.17, 15) is 18.8 Å². The van der Waals surface area contributed by atoms with Gasteiger partial charge in [-0.15, -0.1) is 11.3 Å². The van der Waals surface area contributed by atoms with Gasteiger partial charge >= 0.3 is 5.69 Å². The number of nitrogens with one attached hydrogen (secondary N) is 1. The Hall–Kier alpha value is -2.26. The summed E-state index contributed by atoms with van der Waals surface area (Å²) in [5.74, 6) is -1.14. The molecule has 1 aromatic carbocycles. The molecule has 1 N–H and O–H groups in total. The molecule has 9 heteroatoms. The monoisotopic (exact) mass is 439 g/mol. The summed E-state index contributed by atoms with van der Waals surface area (Å²) in [4.78, 5) is 37.4. The molecular weight excluding hydrogens is 425 g/mol. The van der Waals surface area contributed by atoms with Crippen molar-refractivity contribution in [1.82, 2.24) is 9.13 Å². The number of amides is 1. The zero-order chi connectivity index (χ0) is 18.8. The molecule has 0 fully saturated rings. The van der Waals surface area contributed by atoms with Crippen LogP contribution in [0.5, 0.6) is 0 Å². The van der Waals surface area contributed by atoms with Crippen molar-refractivity contribution in [2.24, 2.45) is 0 Å². The maximum absolute atomic E-state index is 13.9. The summed E-state index contributed by atoms with van der Waals surface area (Å²) in [6.45, 7) is 1.82. The standard InChI is InChI=1S/C17H15BrFN3O3S/c1-2-6-21-16(24)15-13(5-7-26-15)22(17(21)25)9-14(23)20-12-4-3-10(18)8-11(12)19/h3-5,7-8H,2,6,9H2,1H3,(H,20,23). The third-order valence-corrected chi connectivity index (χ3v) is 5.18. The number of thiophene rings is 1. The molecule has 0 aliphatic heterocycles. The maximum Gasteiger partial charge on any atom is 0.332 e. The van der Waals surface area contributed by atoms with Gasteiger partial charge in [0.05, 0.1) is 11.2 Å². The van der Waals surface area contributed by atoms with E-state index in [2.05, 4.69) is 21.2 Å². The van der Waals surface area contributed by atoms with Crippen LogP contribution in [-0.4, -0.2) is 15.0 Å². The fourth-order valence-electron chi connectivity index (χ4n) is 2.63. The molecule has 0 saturated carbocycles. The number of carbonyl (C=O) groups is 1.